The van der Waals surface area contributed by atoms with Crippen molar-refractivity contribution in [3.05, 3.63) is 46.5 Å². The molecular weight excluding hydrogens is 1090 g/mol. The lowest BCUT2D eigenvalue weighted by molar-refractivity contribution is -0.139. The van der Waals surface area contributed by atoms with Gasteiger partial charge in [-0.05, 0) is 119 Å². The second-order valence-corrected chi connectivity index (χ2v) is 24.4. The number of hydrogen-bond donors (Lipinski definition) is 2. The van der Waals surface area contributed by atoms with E-state index in [1.807, 2.05) is 0 Å². The molecule has 19 nitrogen and oxygen atoms in total. The molecule has 7 amide bonds. The van der Waals surface area contributed by atoms with E-state index in [0.717, 1.165) is 24.3 Å². The Bertz CT molecular complexity index is 2790. The number of carbonyl (C=O) groups is 7. The van der Waals surface area contributed by atoms with Gasteiger partial charge in [0.25, 0.3) is 23.6 Å². The number of halogens is 6. The van der Waals surface area contributed by atoms with Crippen molar-refractivity contribution in [2.24, 2.45) is 5.73 Å². The van der Waals surface area contributed by atoms with Gasteiger partial charge in [0, 0.05) is 96.5 Å². The third kappa shape index (κ3) is 13.9. The predicted molar refractivity (Wildman–Crippen MR) is 289 cm³/mol. The van der Waals surface area contributed by atoms with Crippen molar-refractivity contribution < 1.29 is 78.9 Å². The molecule has 4 heterocycles. The van der Waals surface area contributed by atoms with Crippen LogP contribution in [0.15, 0.2) is 24.3 Å². The predicted octanol–water partition coefficient (Wildman–Crippen LogP) is 8.91. The fourth-order valence-electron chi connectivity index (χ4n) is 10.9. The molecule has 454 valence electrons. The molecule has 2 aromatic rings. The Labute approximate surface area is 474 Å². The highest BCUT2D eigenvalue weighted by Gasteiger charge is 2.60. The monoisotopic (exact) mass is 1160 g/mol. The molecule has 6 aliphatic rings. The highest BCUT2D eigenvalue weighted by atomic mass is 19.4. The molecule has 2 aromatic carbocycles. The largest absolute Gasteiger partial charge is 0.475 e. The maximum Gasteiger partial charge on any atom is 0.417 e. The van der Waals surface area contributed by atoms with Gasteiger partial charge < -0.3 is 59.4 Å². The molecular formula is C57H78F6N8O11. The summed E-state index contributed by atoms with van der Waals surface area (Å²) in [5.41, 5.74) is -1.45. The number of alkyl halides is 6. The average molecular weight is 1170 g/mol. The number of amides is 7. The van der Waals surface area contributed by atoms with Gasteiger partial charge in [-0.25, -0.2) is 9.59 Å². The first-order valence-corrected chi connectivity index (χ1v) is 28.2. The van der Waals surface area contributed by atoms with E-state index in [0.29, 0.717) is 64.5 Å². The van der Waals surface area contributed by atoms with Gasteiger partial charge in [-0.15, -0.1) is 0 Å². The number of ether oxygens (including phenoxy) is 4. The molecule has 0 radical (unpaired) electrons. The highest BCUT2D eigenvalue weighted by Crippen LogP contribution is 2.53. The van der Waals surface area contributed by atoms with Crippen LogP contribution in [0.25, 0.3) is 0 Å². The zero-order valence-electron chi connectivity index (χ0n) is 48.7. The van der Waals surface area contributed by atoms with Crippen LogP contribution in [0.5, 0.6) is 11.5 Å². The molecule has 2 saturated heterocycles. The van der Waals surface area contributed by atoms with Gasteiger partial charge in [0.1, 0.15) is 22.7 Å². The summed E-state index contributed by atoms with van der Waals surface area (Å²) in [4.78, 5) is 100. The molecule has 2 atom stereocenters. The Hall–Kier alpha value is -6.53. The summed E-state index contributed by atoms with van der Waals surface area (Å²) in [6, 6.07) is 1.77. The minimum atomic E-state index is -4.89. The van der Waals surface area contributed by atoms with Gasteiger partial charge in [0.2, 0.25) is 5.91 Å². The van der Waals surface area contributed by atoms with Crippen LogP contribution in [0.3, 0.4) is 0 Å². The number of nitrogens with one attached hydrogen (secondary N) is 1. The maximum absolute atomic E-state index is 14.5. The van der Waals surface area contributed by atoms with Gasteiger partial charge in [0.15, 0.2) is 11.2 Å². The molecule has 2 spiro atoms. The van der Waals surface area contributed by atoms with E-state index < -0.39 is 111 Å². The van der Waals surface area contributed by atoms with E-state index in [1.165, 1.54) is 29.4 Å². The number of anilines is 2. The molecule has 4 aliphatic heterocycles. The van der Waals surface area contributed by atoms with E-state index in [-0.39, 0.29) is 80.4 Å². The number of piperidine rings is 2. The van der Waals surface area contributed by atoms with E-state index in [1.54, 1.807) is 76.2 Å². The Morgan fingerprint density at radius 2 is 1.04 bits per heavy atom. The summed E-state index contributed by atoms with van der Waals surface area (Å²) in [6.07, 6.45) is -6.93. The van der Waals surface area contributed by atoms with Crippen molar-refractivity contribution >= 4 is 53.1 Å². The molecule has 2 aliphatic carbocycles. The highest BCUT2D eigenvalue weighted by molar-refractivity contribution is 6.08. The SMILES string of the molecule is CC(C)N(C(=O)c1cc2c(cc1C(F)(F)F)OC1(CC1)C(=O)N2CCN)[C@@H]1CCCN(C(=O)OC(C)(C)C)C1.CCC(=O)NCCN1C(=O)C2(CC2)Oc2cc(C(F)(F)F)c(C(=O)N(C(C)C)[C@@H]3CCCN(C(=O)OC(C)(C)C)C3)cc21. The fourth-order valence-corrected chi connectivity index (χ4v) is 10.9. The fraction of sp³-hybridized carbons (Fsp3) is 0.667. The van der Waals surface area contributed by atoms with Crippen LogP contribution in [0.4, 0.5) is 47.3 Å². The number of nitrogens with zero attached hydrogens (tertiary/aromatic N) is 6. The number of nitrogens with two attached hydrogens (primary N) is 1. The number of benzene rings is 2. The number of carbonyl (C=O) groups excluding carboxylic acids is 7. The van der Waals surface area contributed by atoms with E-state index in [2.05, 4.69) is 5.32 Å². The van der Waals surface area contributed by atoms with Crippen LogP contribution in [-0.2, 0) is 36.2 Å². The lowest BCUT2D eigenvalue weighted by Gasteiger charge is -2.42. The zero-order chi connectivity index (χ0) is 60.8. The van der Waals surface area contributed by atoms with Gasteiger partial charge in [-0.1, -0.05) is 6.92 Å². The zero-order valence-corrected chi connectivity index (χ0v) is 48.7. The van der Waals surface area contributed by atoms with Crippen molar-refractivity contribution in [3.8, 4) is 11.5 Å². The number of hydrogen-bond acceptors (Lipinski definition) is 12. The third-order valence-electron chi connectivity index (χ3n) is 14.9. The Morgan fingerprint density at radius 3 is 1.35 bits per heavy atom. The Morgan fingerprint density at radius 1 is 0.659 bits per heavy atom. The summed E-state index contributed by atoms with van der Waals surface area (Å²) < 4.78 is 109. The normalized spacial score (nSPS) is 20.0. The van der Waals surface area contributed by atoms with E-state index in [9.17, 15) is 59.9 Å². The Kier molecular flexibility index (Phi) is 18.2. The van der Waals surface area contributed by atoms with Gasteiger partial charge >= 0.3 is 24.5 Å². The molecule has 0 bridgehead atoms. The van der Waals surface area contributed by atoms with Crippen LogP contribution in [0.2, 0.25) is 0 Å². The van der Waals surface area contributed by atoms with Crippen LogP contribution in [0.1, 0.15) is 166 Å². The number of likely N-dealkylation sites (tertiary alicyclic amines) is 2. The molecule has 3 N–H and O–H groups in total. The van der Waals surface area contributed by atoms with Gasteiger partial charge in [0.05, 0.1) is 45.7 Å². The summed E-state index contributed by atoms with van der Waals surface area (Å²) in [6.45, 7) is 20.3. The molecule has 0 unspecified atom stereocenters. The van der Waals surface area contributed by atoms with Gasteiger partial charge in [-0.2, -0.15) is 26.3 Å². The Balaban J connectivity index is 0.000000237. The third-order valence-corrected chi connectivity index (χ3v) is 14.9. The number of fused-ring (bicyclic) bond motifs is 2. The van der Waals surface area contributed by atoms with Crippen molar-refractivity contribution in [3.63, 3.8) is 0 Å². The molecule has 82 heavy (non-hydrogen) atoms. The molecule has 8 rings (SSSR count). The molecule has 25 heteroatoms. The topological polar surface area (TPSA) is 214 Å². The van der Waals surface area contributed by atoms with Crippen LogP contribution >= 0.6 is 0 Å². The van der Waals surface area contributed by atoms with Crippen molar-refractivity contribution in [1.82, 2.24) is 24.9 Å². The summed E-state index contributed by atoms with van der Waals surface area (Å²) in [5.74, 6) is -2.92. The molecule has 0 aromatic heterocycles. The second-order valence-electron chi connectivity index (χ2n) is 24.4. The lowest BCUT2D eigenvalue weighted by Crippen LogP contribution is -2.54. The van der Waals surface area contributed by atoms with Crippen LogP contribution in [-0.4, -0.2) is 160 Å². The number of rotatable bonds is 12. The smallest absolute Gasteiger partial charge is 0.417 e. The summed E-state index contributed by atoms with van der Waals surface area (Å²) in [5, 5.41) is 2.68. The standard InChI is InChI=1S/C30H41F3N4O6.C27H37F3N4O5/c1-7-24(38)34-12-14-36-22-15-20(21(30(31,32)33)16-23(22)42-29(10-11-29)26(36)40)25(39)37(18(2)3)19-9-8-13-35(17-19)27(41)43-28(4,5)6;1-16(2)34(17-7-6-11-32(15-17)24(37)39-25(3,4)5)22(35)18-13-20-21(14-19(18)27(28,29)30)38-26(8-9-26)23(36)33(20)12-10-31/h15-16,18-19H,7-14,17H2,1-6H3,(H,34,38);13-14,16-17H,6-12,15,31H2,1-5H3/t19-;17-/m11/s1. The van der Waals surface area contributed by atoms with Crippen molar-refractivity contribution in [2.45, 2.75) is 193 Å². The van der Waals surface area contributed by atoms with Crippen LogP contribution < -0.4 is 30.3 Å². The minimum Gasteiger partial charge on any atom is -0.475 e. The first-order valence-electron chi connectivity index (χ1n) is 28.2. The first kappa shape index (κ1) is 63.1. The molecule has 2 saturated carbocycles. The van der Waals surface area contributed by atoms with Crippen molar-refractivity contribution in [2.75, 3.05) is 62.2 Å². The first-order chi connectivity index (χ1) is 38.0. The minimum absolute atomic E-state index is 0.00302. The summed E-state index contributed by atoms with van der Waals surface area (Å²) in [7, 11) is 0. The maximum atomic E-state index is 14.5. The second kappa shape index (κ2) is 23.6. The molecule has 4 fully saturated rings. The van der Waals surface area contributed by atoms with Crippen LogP contribution in [0, 0.1) is 0 Å². The van der Waals surface area contributed by atoms with E-state index in [4.69, 9.17) is 24.7 Å². The average Bonchev–Trinajstić information content (AvgIpc) is 4.15. The lowest BCUT2D eigenvalue weighted by atomic mass is 9.97. The van der Waals surface area contributed by atoms with Crippen molar-refractivity contribution in [1.29, 1.82) is 0 Å². The quantitative estimate of drug-likeness (QED) is 0.191. The summed E-state index contributed by atoms with van der Waals surface area (Å²) >= 11 is 0. The van der Waals surface area contributed by atoms with E-state index >= 15 is 0 Å². The van der Waals surface area contributed by atoms with Gasteiger partial charge in [-0.3, -0.25) is 24.0 Å².